The molecule has 0 spiro atoms. The van der Waals surface area contributed by atoms with E-state index in [-0.39, 0.29) is 5.82 Å². The second kappa shape index (κ2) is 6.65. The number of rotatable bonds is 4. The minimum Gasteiger partial charge on any atom is -0.423 e. The molecule has 0 saturated carbocycles. The van der Waals surface area contributed by atoms with Crippen LogP contribution in [-0.2, 0) is 4.79 Å². The molecule has 0 atom stereocenters. The standard InChI is InChI=1S/C17H11FN2O3/c18-14-3-1-2-12(10-14)4-9-16(21)23-15-7-5-13(6-8-15)17-20-19-11-22-17/h1-11H. The van der Waals surface area contributed by atoms with Crippen molar-refractivity contribution in [3.05, 3.63) is 72.4 Å². The van der Waals surface area contributed by atoms with Crippen LogP contribution in [0.25, 0.3) is 17.5 Å². The van der Waals surface area contributed by atoms with E-state index in [1.807, 2.05) is 0 Å². The van der Waals surface area contributed by atoms with Crippen molar-refractivity contribution in [1.29, 1.82) is 0 Å². The molecular formula is C17H11FN2O3. The lowest BCUT2D eigenvalue weighted by Gasteiger charge is -2.01. The second-order valence-corrected chi connectivity index (χ2v) is 4.58. The Balaban J connectivity index is 1.64. The molecular weight excluding hydrogens is 299 g/mol. The van der Waals surface area contributed by atoms with Gasteiger partial charge in [-0.15, -0.1) is 10.2 Å². The fourth-order valence-corrected chi connectivity index (χ4v) is 1.89. The molecule has 3 rings (SSSR count). The minimum atomic E-state index is -0.556. The summed E-state index contributed by atoms with van der Waals surface area (Å²) in [4.78, 5) is 11.7. The topological polar surface area (TPSA) is 65.2 Å². The Bertz CT molecular complexity index is 827. The van der Waals surface area contributed by atoms with Crippen molar-refractivity contribution in [2.45, 2.75) is 0 Å². The number of benzene rings is 2. The highest BCUT2D eigenvalue weighted by Gasteiger charge is 2.05. The summed E-state index contributed by atoms with van der Waals surface area (Å²) in [6, 6.07) is 12.5. The number of esters is 1. The summed E-state index contributed by atoms with van der Waals surface area (Å²) < 4.78 is 23.2. The summed E-state index contributed by atoms with van der Waals surface area (Å²) in [7, 11) is 0. The van der Waals surface area contributed by atoms with E-state index in [0.29, 0.717) is 17.2 Å². The SMILES string of the molecule is O=C(C=Cc1cccc(F)c1)Oc1ccc(-c2nnco2)cc1. The van der Waals surface area contributed by atoms with Gasteiger partial charge in [0.05, 0.1) is 0 Å². The molecule has 0 aliphatic heterocycles. The van der Waals surface area contributed by atoms with Crippen LogP contribution in [0.1, 0.15) is 5.56 Å². The molecule has 0 N–H and O–H groups in total. The molecule has 5 nitrogen and oxygen atoms in total. The molecule has 0 radical (unpaired) electrons. The summed E-state index contributed by atoms with van der Waals surface area (Å²) in [5, 5.41) is 7.37. The molecule has 3 aromatic rings. The van der Waals surface area contributed by atoms with Gasteiger partial charge in [-0.3, -0.25) is 0 Å². The molecule has 0 unspecified atom stereocenters. The summed E-state index contributed by atoms with van der Waals surface area (Å²) in [5.74, 6) is -0.159. The van der Waals surface area contributed by atoms with Crippen LogP contribution in [0.5, 0.6) is 5.75 Å². The number of carbonyl (C=O) groups excluding carboxylic acids is 1. The lowest BCUT2D eigenvalue weighted by atomic mass is 10.2. The highest BCUT2D eigenvalue weighted by atomic mass is 19.1. The maximum atomic E-state index is 13.0. The summed E-state index contributed by atoms with van der Waals surface area (Å²) in [5.41, 5.74) is 1.30. The normalized spacial score (nSPS) is 10.8. The van der Waals surface area contributed by atoms with E-state index in [9.17, 15) is 9.18 Å². The number of ether oxygens (including phenoxy) is 1. The quantitative estimate of drug-likeness (QED) is 0.419. The maximum absolute atomic E-state index is 13.0. The molecule has 0 aliphatic rings. The van der Waals surface area contributed by atoms with Gasteiger partial charge in [-0.2, -0.15) is 0 Å². The van der Waals surface area contributed by atoms with E-state index in [0.717, 1.165) is 5.56 Å². The van der Waals surface area contributed by atoms with Gasteiger partial charge in [0.2, 0.25) is 12.3 Å². The summed E-state index contributed by atoms with van der Waals surface area (Å²) >= 11 is 0. The number of halogens is 1. The van der Waals surface area contributed by atoms with Crippen molar-refractivity contribution in [1.82, 2.24) is 10.2 Å². The third kappa shape index (κ3) is 3.88. The van der Waals surface area contributed by atoms with Gasteiger partial charge in [0.15, 0.2) is 0 Å². The van der Waals surface area contributed by atoms with Gasteiger partial charge in [0.1, 0.15) is 11.6 Å². The van der Waals surface area contributed by atoms with Crippen molar-refractivity contribution in [3.63, 3.8) is 0 Å². The largest absolute Gasteiger partial charge is 0.423 e. The number of aromatic nitrogens is 2. The van der Waals surface area contributed by atoms with E-state index in [1.165, 1.54) is 30.7 Å². The van der Waals surface area contributed by atoms with E-state index in [4.69, 9.17) is 9.15 Å². The van der Waals surface area contributed by atoms with Gasteiger partial charge in [0, 0.05) is 11.6 Å². The van der Waals surface area contributed by atoms with Crippen LogP contribution in [0.2, 0.25) is 0 Å². The molecule has 0 saturated heterocycles. The third-order valence-electron chi connectivity index (χ3n) is 2.94. The van der Waals surface area contributed by atoms with Gasteiger partial charge in [-0.1, -0.05) is 12.1 Å². The van der Waals surface area contributed by atoms with E-state index in [2.05, 4.69) is 10.2 Å². The molecule has 23 heavy (non-hydrogen) atoms. The smallest absolute Gasteiger partial charge is 0.336 e. The van der Waals surface area contributed by atoms with Crippen LogP contribution < -0.4 is 4.74 Å². The molecule has 0 fully saturated rings. The second-order valence-electron chi connectivity index (χ2n) is 4.58. The lowest BCUT2D eigenvalue weighted by molar-refractivity contribution is -0.128. The maximum Gasteiger partial charge on any atom is 0.336 e. The monoisotopic (exact) mass is 310 g/mol. The number of nitrogens with zero attached hydrogens (tertiary/aromatic N) is 2. The van der Waals surface area contributed by atoms with Crippen molar-refractivity contribution in [3.8, 4) is 17.2 Å². The fraction of sp³-hybridized carbons (Fsp3) is 0. The highest BCUT2D eigenvalue weighted by molar-refractivity contribution is 5.88. The first-order valence-corrected chi connectivity index (χ1v) is 6.73. The Hall–Kier alpha value is -3.28. The van der Waals surface area contributed by atoms with Gasteiger partial charge in [-0.05, 0) is 48.0 Å². The summed E-state index contributed by atoms with van der Waals surface area (Å²) in [6.45, 7) is 0. The zero-order valence-electron chi connectivity index (χ0n) is 11.8. The van der Waals surface area contributed by atoms with Gasteiger partial charge in [-0.25, -0.2) is 9.18 Å². The van der Waals surface area contributed by atoms with Crippen LogP contribution in [0.3, 0.4) is 0 Å². The van der Waals surface area contributed by atoms with Gasteiger partial charge >= 0.3 is 5.97 Å². The number of hydrogen-bond donors (Lipinski definition) is 0. The molecule has 114 valence electrons. The predicted molar refractivity (Wildman–Crippen MR) is 80.8 cm³/mol. The van der Waals surface area contributed by atoms with E-state index < -0.39 is 5.97 Å². The van der Waals surface area contributed by atoms with Crippen LogP contribution in [0.15, 0.2) is 65.4 Å². The Morgan fingerprint density at radius 2 is 2.00 bits per heavy atom. The molecule has 0 aliphatic carbocycles. The van der Waals surface area contributed by atoms with Crippen molar-refractivity contribution >= 4 is 12.0 Å². The van der Waals surface area contributed by atoms with Crippen LogP contribution in [0, 0.1) is 5.82 Å². The lowest BCUT2D eigenvalue weighted by Crippen LogP contribution is -2.03. The molecule has 1 aromatic heterocycles. The molecule has 6 heteroatoms. The van der Waals surface area contributed by atoms with Crippen LogP contribution in [0.4, 0.5) is 4.39 Å². The van der Waals surface area contributed by atoms with Crippen molar-refractivity contribution in [2.24, 2.45) is 0 Å². The molecule has 2 aromatic carbocycles. The van der Waals surface area contributed by atoms with E-state index in [1.54, 1.807) is 36.4 Å². The first kappa shape index (κ1) is 14.6. The van der Waals surface area contributed by atoms with Gasteiger partial charge < -0.3 is 9.15 Å². The average Bonchev–Trinajstić information content (AvgIpc) is 3.08. The average molecular weight is 310 g/mol. The fourth-order valence-electron chi connectivity index (χ4n) is 1.89. The predicted octanol–water partition coefficient (Wildman–Crippen LogP) is 3.49. The Labute approximate surface area is 131 Å². The minimum absolute atomic E-state index is 0.364. The third-order valence-corrected chi connectivity index (χ3v) is 2.94. The Kier molecular flexibility index (Phi) is 4.24. The van der Waals surface area contributed by atoms with Crippen molar-refractivity contribution < 1.29 is 18.3 Å². The molecule has 0 amide bonds. The Morgan fingerprint density at radius 3 is 2.70 bits per heavy atom. The zero-order chi connectivity index (χ0) is 16.1. The van der Waals surface area contributed by atoms with Crippen LogP contribution in [-0.4, -0.2) is 16.2 Å². The number of hydrogen-bond acceptors (Lipinski definition) is 5. The molecule has 0 bridgehead atoms. The number of carbonyl (C=O) groups is 1. The van der Waals surface area contributed by atoms with E-state index >= 15 is 0 Å². The molecule has 1 heterocycles. The van der Waals surface area contributed by atoms with Gasteiger partial charge in [0.25, 0.3) is 0 Å². The highest BCUT2D eigenvalue weighted by Crippen LogP contribution is 2.20. The van der Waals surface area contributed by atoms with Crippen molar-refractivity contribution in [2.75, 3.05) is 0 Å². The first-order valence-electron chi connectivity index (χ1n) is 6.73. The summed E-state index contributed by atoms with van der Waals surface area (Å²) in [6.07, 6.45) is 3.96. The van der Waals surface area contributed by atoms with Crippen LogP contribution >= 0.6 is 0 Å². The Morgan fingerprint density at radius 1 is 1.17 bits per heavy atom. The zero-order valence-corrected chi connectivity index (χ0v) is 11.8. The first-order chi connectivity index (χ1) is 11.2.